The summed E-state index contributed by atoms with van der Waals surface area (Å²) in [5.74, 6) is -1.84. The van der Waals surface area contributed by atoms with Crippen molar-refractivity contribution >= 4 is 56.4 Å². The molecule has 2 heterocycles. The van der Waals surface area contributed by atoms with Crippen molar-refractivity contribution in [1.82, 2.24) is 24.6 Å². The van der Waals surface area contributed by atoms with Crippen LogP contribution in [-0.4, -0.2) is 62.3 Å². The number of benzene rings is 2. The van der Waals surface area contributed by atoms with Crippen molar-refractivity contribution in [2.24, 2.45) is 0 Å². The lowest BCUT2D eigenvalue weighted by molar-refractivity contribution is -0.146. The van der Waals surface area contributed by atoms with Crippen LogP contribution in [0.1, 0.15) is 48.6 Å². The first-order chi connectivity index (χ1) is 21.5. The van der Waals surface area contributed by atoms with E-state index >= 15 is 0 Å². The molecule has 45 heavy (non-hydrogen) atoms. The number of nitrogens with one attached hydrogen (secondary N) is 2. The van der Waals surface area contributed by atoms with Crippen molar-refractivity contribution in [1.29, 1.82) is 0 Å². The normalized spacial score (nSPS) is 11.6. The zero-order valence-electron chi connectivity index (χ0n) is 25.3. The fraction of sp³-hybridized carbons (Fsp3) is 0.323. The van der Waals surface area contributed by atoms with Crippen LogP contribution in [0.3, 0.4) is 0 Å². The molecule has 13 nitrogen and oxygen atoms in total. The number of esters is 2. The molecule has 0 fully saturated rings. The summed E-state index contributed by atoms with van der Waals surface area (Å²) < 4.78 is 13.7. The molecule has 0 spiro atoms. The third kappa shape index (κ3) is 8.01. The van der Waals surface area contributed by atoms with E-state index < -0.39 is 29.8 Å². The van der Waals surface area contributed by atoms with E-state index in [4.69, 9.17) is 9.47 Å². The number of anilines is 1. The van der Waals surface area contributed by atoms with Crippen LogP contribution in [0.4, 0.5) is 5.69 Å². The lowest BCUT2D eigenvalue weighted by Crippen LogP contribution is -2.42. The molecule has 0 aliphatic rings. The lowest BCUT2D eigenvalue weighted by Gasteiger charge is -2.17. The van der Waals surface area contributed by atoms with Gasteiger partial charge in [-0.1, -0.05) is 15.9 Å². The maximum absolute atomic E-state index is 13.4. The molecule has 14 heteroatoms. The summed E-state index contributed by atoms with van der Waals surface area (Å²) in [6.45, 7) is 6.71. The molecule has 0 aliphatic heterocycles. The molecule has 4 rings (SSSR count). The molecule has 2 amide bonds. The van der Waals surface area contributed by atoms with Gasteiger partial charge in [0.1, 0.15) is 23.8 Å². The summed E-state index contributed by atoms with van der Waals surface area (Å²) in [6, 6.07) is 12.4. The van der Waals surface area contributed by atoms with Gasteiger partial charge in [-0.25, -0.2) is 14.5 Å². The Labute approximate surface area is 267 Å². The SMILES string of the molecule is CCOC(=O)CC[C@@H](NC(=O)c1ccc(NC(=O)Cn2c(C)nc3c(c(C)nn3-c3ccc(Br)cc3)c2=O)cc1)C(=O)OCC. The monoisotopic (exact) mass is 680 g/mol. The van der Waals surface area contributed by atoms with Gasteiger partial charge in [0, 0.05) is 22.1 Å². The number of ether oxygens (including phenoxy) is 2. The molecule has 0 radical (unpaired) electrons. The minimum atomic E-state index is -1.04. The number of aromatic nitrogens is 4. The first-order valence-corrected chi connectivity index (χ1v) is 15.1. The zero-order chi connectivity index (χ0) is 32.7. The smallest absolute Gasteiger partial charge is 0.328 e. The van der Waals surface area contributed by atoms with Gasteiger partial charge in [-0.15, -0.1) is 0 Å². The fourth-order valence-corrected chi connectivity index (χ4v) is 4.85. The highest BCUT2D eigenvalue weighted by Gasteiger charge is 2.24. The van der Waals surface area contributed by atoms with Crippen LogP contribution in [0.2, 0.25) is 0 Å². The molecule has 2 aromatic heterocycles. The van der Waals surface area contributed by atoms with E-state index in [0.29, 0.717) is 28.2 Å². The van der Waals surface area contributed by atoms with Crippen molar-refractivity contribution in [2.45, 2.75) is 53.1 Å². The maximum atomic E-state index is 13.4. The van der Waals surface area contributed by atoms with Crippen LogP contribution < -0.4 is 16.2 Å². The minimum Gasteiger partial charge on any atom is -0.466 e. The average molecular weight is 682 g/mol. The van der Waals surface area contributed by atoms with Crippen molar-refractivity contribution < 1.29 is 28.7 Å². The standard InChI is InChI=1S/C31H33BrN6O7/c1-5-44-26(40)16-15-24(31(43)45-6-2)35-29(41)20-7-11-22(12-8-20)34-25(39)17-37-19(4)33-28-27(30(37)42)18(3)36-38(28)23-13-9-21(32)10-14-23/h7-14,24H,5-6,15-17H2,1-4H3,(H,34,39)(H,35,41)/t24-/m1/s1. The van der Waals surface area contributed by atoms with Gasteiger partial charge in [0.15, 0.2) is 5.65 Å². The number of aryl methyl sites for hydroxylation is 2. The summed E-state index contributed by atoms with van der Waals surface area (Å²) in [5, 5.41) is 10.1. The van der Waals surface area contributed by atoms with Gasteiger partial charge < -0.3 is 20.1 Å². The van der Waals surface area contributed by atoms with Crippen LogP contribution in [0, 0.1) is 13.8 Å². The first kappa shape index (κ1) is 33.1. The van der Waals surface area contributed by atoms with Gasteiger partial charge in [0.25, 0.3) is 11.5 Å². The van der Waals surface area contributed by atoms with E-state index in [-0.39, 0.29) is 43.7 Å². The Morgan fingerprint density at radius 1 is 0.956 bits per heavy atom. The quantitative estimate of drug-likeness (QED) is 0.213. The number of carbonyl (C=O) groups excluding carboxylic acids is 4. The van der Waals surface area contributed by atoms with Crippen LogP contribution in [0.15, 0.2) is 57.8 Å². The molecule has 0 saturated carbocycles. The number of halogens is 1. The summed E-state index contributed by atoms with van der Waals surface area (Å²) in [4.78, 5) is 67.9. The maximum Gasteiger partial charge on any atom is 0.328 e. The van der Waals surface area contributed by atoms with Gasteiger partial charge in [-0.3, -0.25) is 23.7 Å². The number of fused-ring (bicyclic) bond motifs is 1. The van der Waals surface area contributed by atoms with E-state index in [1.165, 1.54) is 28.8 Å². The topological polar surface area (TPSA) is 164 Å². The molecule has 2 aromatic carbocycles. The molecular formula is C31H33BrN6O7. The van der Waals surface area contributed by atoms with Crippen LogP contribution >= 0.6 is 15.9 Å². The van der Waals surface area contributed by atoms with E-state index in [2.05, 4.69) is 36.6 Å². The fourth-order valence-electron chi connectivity index (χ4n) is 4.59. The third-order valence-corrected chi connectivity index (χ3v) is 7.30. The Morgan fingerprint density at radius 3 is 2.27 bits per heavy atom. The summed E-state index contributed by atoms with van der Waals surface area (Å²) in [5.41, 5.74) is 1.84. The van der Waals surface area contributed by atoms with Gasteiger partial charge in [-0.05, 0) is 82.6 Å². The second kappa shape index (κ2) is 14.8. The highest BCUT2D eigenvalue weighted by atomic mass is 79.9. The first-order valence-electron chi connectivity index (χ1n) is 14.3. The van der Waals surface area contributed by atoms with E-state index in [0.717, 1.165) is 10.2 Å². The third-order valence-electron chi connectivity index (χ3n) is 6.78. The van der Waals surface area contributed by atoms with Crippen molar-refractivity contribution in [3.63, 3.8) is 0 Å². The number of hydrogen-bond acceptors (Lipinski definition) is 9. The molecule has 0 aliphatic carbocycles. The number of amides is 2. The molecule has 4 aromatic rings. The average Bonchev–Trinajstić information content (AvgIpc) is 3.33. The predicted octanol–water partition coefficient (Wildman–Crippen LogP) is 3.61. The number of rotatable bonds is 12. The van der Waals surface area contributed by atoms with Crippen LogP contribution in [-0.2, 0) is 30.4 Å². The molecule has 2 N–H and O–H groups in total. The van der Waals surface area contributed by atoms with Gasteiger partial charge in [0.05, 0.1) is 24.6 Å². The molecule has 1 atom stereocenters. The van der Waals surface area contributed by atoms with Gasteiger partial charge in [-0.2, -0.15) is 5.10 Å². The molecule has 0 unspecified atom stereocenters. The Kier molecular flexibility index (Phi) is 10.8. The highest BCUT2D eigenvalue weighted by Crippen LogP contribution is 2.20. The number of carbonyl (C=O) groups is 4. The van der Waals surface area contributed by atoms with Crippen molar-refractivity contribution in [2.75, 3.05) is 18.5 Å². The summed E-state index contributed by atoms with van der Waals surface area (Å²) >= 11 is 3.41. The van der Waals surface area contributed by atoms with E-state index in [1.54, 1.807) is 32.4 Å². The minimum absolute atomic E-state index is 0.0154. The second-order valence-electron chi connectivity index (χ2n) is 9.97. The van der Waals surface area contributed by atoms with Crippen molar-refractivity contribution in [3.8, 4) is 5.69 Å². The Hall–Kier alpha value is -4.85. The Morgan fingerprint density at radius 2 is 1.62 bits per heavy atom. The predicted molar refractivity (Wildman–Crippen MR) is 169 cm³/mol. The number of hydrogen-bond donors (Lipinski definition) is 2. The van der Waals surface area contributed by atoms with Crippen LogP contribution in [0.5, 0.6) is 0 Å². The van der Waals surface area contributed by atoms with E-state index in [1.807, 2.05) is 24.3 Å². The molecule has 0 saturated heterocycles. The molecule has 236 valence electrons. The van der Waals surface area contributed by atoms with Gasteiger partial charge in [0.2, 0.25) is 5.91 Å². The van der Waals surface area contributed by atoms with E-state index in [9.17, 15) is 24.0 Å². The Bertz CT molecular complexity index is 1780. The molecule has 0 bridgehead atoms. The molecular weight excluding hydrogens is 648 g/mol. The Balaban J connectivity index is 1.44. The van der Waals surface area contributed by atoms with Gasteiger partial charge >= 0.3 is 11.9 Å². The van der Waals surface area contributed by atoms with Crippen LogP contribution in [0.25, 0.3) is 16.7 Å². The summed E-state index contributed by atoms with van der Waals surface area (Å²) in [7, 11) is 0. The lowest BCUT2D eigenvalue weighted by atomic mass is 10.1. The second-order valence-corrected chi connectivity index (χ2v) is 10.9. The summed E-state index contributed by atoms with van der Waals surface area (Å²) in [6.07, 6.45) is -0.0534. The zero-order valence-corrected chi connectivity index (χ0v) is 26.8. The largest absolute Gasteiger partial charge is 0.466 e. The van der Waals surface area contributed by atoms with Crippen molar-refractivity contribution in [3.05, 3.63) is 80.4 Å². The number of nitrogens with zero attached hydrogens (tertiary/aromatic N) is 4. The highest BCUT2D eigenvalue weighted by molar-refractivity contribution is 9.10.